The molecular formula is C12H16N2O2. The zero-order valence-corrected chi connectivity index (χ0v) is 9.32. The average molecular weight is 220 g/mol. The highest BCUT2D eigenvalue weighted by atomic mass is 16.1. The van der Waals surface area contributed by atoms with Crippen LogP contribution < -0.4 is 11.1 Å². The summed E-state index contributed by atoms with van der Waals surface area (Å²) < 4.78 is 0. The van der Waals surface area contributed by atoms with E-state index in [2.05, 4.69) is 5.32 Å². The lowest BCUT2D eigenvalue weighted by Gasteiger charge is -2.05. The minimum absolute atomic E-state index is 0.237. The number of rotatable bonds is 6. The Hall–Kier alpha value is -1.84. The first-order valence-electron chi connectivity index (χ1n) is 5.29. The van der Waals surface area contributed by atoms with Crippen LogP contribution in [0.1, 0.15) is 30.1 Å². The average Bonchev–Trinajstić information content (AvgIpc) is 2.29. The molecule has 0 atom stereocenters. The van der Waals surface area contributed by atoms with E-state index in [1.165, 1.54) is 0 Å². The summed E-state index contributed by atoms with van der Waals surface area (Å²) in [5.74, 6) is -0.200. The Bertz CT molecular complexity index is 371. The molecule has 4 heteroatoms. The summed E-state index contributed by atoms with van der Waals surface area (Å²) >= 11 is 0. The summed E-state index contributed by atoms with van der Waals surface area (Å²) in [4.78, 5) is 21.9. The molecule has 16 heavy (non-hydrogen) atoms. The number of hydrogen-bond donors (Lipinski definition) is 2. The molecule has 0 aliphatic carbocycles. The number of hydrogen-bond acceptors (Lipinski definition) is 3. The standard InChI is InChI=1S/C12H16N2O2/c1-2-11(15)7-8-14-10-5-3-9(4-6-10)12(13)16/h3-6,14H,2,7-8H2,1H3,(H2,13,16). The molecule has 1 rings (SSSR count). The molecule has 1 aromatic carbocycles. The third kappa shape index (κ3) is 3.73. The molecule has 1 aromatic rings. The van der Waals surface area contributed by atoms with E-state index in [1.807, 2.05) is 6.92 Å². The number of nitrogens with two attached hydrogens (primary N) is 1. The first-order chi connectivity index (χ1) is 7.63. The molecule has 0 unspecified atom stereocenters. The predicted octanol–water partition coefficient (Wildman–Crippen LogP) is 1.57. The predicted molar refractivity (Wildman–Crippen MR) is 63.4 cm³/mol. The van der Waals surface area contributed by atoms with Crippen LogP contribution in [0.3, 0.4) is 0 Å². The lowest BCUT2D eigenvalue weighted by atomic mass is 10.2. The molecule has 3 N–H and O–H groups in total. The number of ketones is 1. The SMILES string of the molecule is CCC(=O)CCNc1ccc(C(N)=O)cc1. The molecule has 4 nitrogen and oxygen atoms in total. The van der Waals surface area contributed by atoms with Gasteiger partial charge in [-0.1, -0.05) is 6.92 Å². The molecule has 86 valence electrons. The van der Waals surface area contributed by atoms with Gasteiger partial charge in [-0.05, 0) is 24.3 Å². The van der Waals surface area contributed by atoms with Crippen LogP contribution >= 0.6 is 0 Å². The second-order valence-electron chi connectivity index (χ2n) is 3.51. The van der Waals surface area contributed by atoms with Gasteiger partial charge in [-0.15, -0.1) is 0 Å². The van der Waals surface area contributed by atoms with Gasteiger partial charge < -0.3 is 11.1 Å². The van der Waals surface area contributed by atoms with Gasteiger partial charge in [0.05, 0.1) is 0 Å². The van der Waals surface area contributed by atoms with Crippen molar-refractivity contribution >= 4 is 17.4 Å². The maximum absolute atomic E-state index is 11.0. The van der Waals surface area contributed by atoms with Gasteiger partial charge in [0, 0.05) is 30.6 Å². The fraction of sp³-hybridized carbons (Fsp3) is 0.333. The van der Waals surface area contributed by atoms with Crippen LogP contribution in [0.5, 0.6) is 0 Å². The number of amides is 1. The van der Waals surface area contributed by atoms with E-state index in [-0.39, 0.29) is 5.78 Å². The van der Waals surface area contributed by atoms with Gasteiger partial charge in [-0.25, -0.2) is 0 Å². The molecule has 0 fully saturated rings. The van der Waals surface area contributed by atoms with Crippen molar-refractivity contribution in [2.45, 2.75) is 19.8 Å². The number of carbonyl (C=O) groups is 2. The van der Waals surface area contributed by atoms with Crippen molar-refractivity contribution in [1.29, 1.82) is 0 Å². The monoisotopic (exact) mass is 220 g/mol. The van der Waals surface area contributed by atoms with E-state index >= 15 is 0 Å². The van der Waals surface area contributed by atoms with E-state index in [0.29, 0.717) is 24.9 Å². The second kappa shape index (κ2) is 5.90. The highest BCUT2D eigenvalue weighted by molar-refractivity contribution is 5.93. The summed E-state index contributed by atoms with van der Waals surface area (Å²) in [5.41, 5.74) is 6.48. The van der Waals surface area contributed by atoms with Gasteiger partial charge >= 0.3 is 0 Å². The topological polar surface area (TPSA) is 72.2 Å². The quantitative estimate of drug-likeness (QED) is 0.764. The van der Waals surface area contributed by atoms with Gasteiger partial charge in [0.1, 0.15) is 5.78 Å². The Morgan fingerprint density at radius 2 is 1.88 bits per heavy atom. The molecule has 0 spiro atoms. The van der Waals surface area contributed by atoms with Crippen molar-refractivity contribution in [3.05, 3.63) is 29.8 Å². The minimum Gasteiger partial charge on any atom is -0.385 e. The van der Waals surface area contributed by atoms with Gasteiger partial charge in [0.2, 0.25) is 5.91 Å². The van der Waals surface area contributed by atoms with Crippen LogP contribution in [0.15, 0.2) is 24.3 Å². The van der Waals surface area contributed by atoms with Crippen LogP contribution in [-0.4, -0.2) is 18.2 Å². The van der Waals surface area contributed by atoms with Crippen molar-refractivity contribution in [3.8, 4) is 0 Å². The molecule has 0 aliphatic heterocycles. The van der Waals surface area contributed by atoms with Crippen LogP contribution in [-0.2, 0) is 4.79 Å². The lowest BCUT2D eigenvalue weighted by molar-refractivity contribution is -0.118. The Morgan fingerprint density at radius 1 is 1.25 bits per heavy atom. The summed E-state index contributed by atoms with van der Waals surface area (Å²) in [6.45, 7) is 2.46. The van der Waals surface area contributed by atoms with E-state index in [1.54, 1.807) is 24.3 Å². The maximum atomic E-state index is 11.0. The van der Waals surface area contributed by atoms with Crippen molar-refractivity contribution in [2.75, 3.05) is 11.9 Å². The van der Waals surface area contributed by atoms with Crippen molar-refractivity contribution in [2.24, 2.45) is 5.73 Å². The number of nitrogens with one attached hydrogen (secondary N) is 1. The second-order valence-corrected chi connectivity index (χ2v) is 3.51. The first kappa shape index (κ1) is 12.2. The van der Waals surface area contributed by atoms with E-state index in [4.69, 9.17) is 5.73 Å². The smallest absolute Gasteiger partial charge is 0.248 e. The molecule has 1 amide bonds. The van der Waals surface area contributed by atoms with E-state index in [0.717, 1.165) is 5.69 Å². The third-order valence-electron chi connectivity index (χ3n) is 2.30. The molecule has 0 aromatic heterocycles. The molecule has 0 heterocycles. The van der Waals surface area contributed by atoms with Gasteiger partial charge in [0.25, 0.3) is 0 Å². The number of benzene rings is 1. The van der Waals surface area contributed by atoms with Crippen molar-refractivity contribution in [1.82, 2.24) is 0 Å². The largest absolute Gasteiger partial charge is 0.385 e. The summed E-state index contributed by atoms with van der Waals surface area (Å²) in [6.07, 6.45) is 1.09. The number of anilines is 1. The normalized spacial score (nSPS) is 9.81. The van der Waals surface area contributed by atoms with Crippen LogP contribution in [0.2, 0.25) is 0 Å². The zero-order valence-electron chi connectivity index (χ0n) is 9.32. The Labute approximate surface area is 94.8 Å². The molecular weight excluding hydrogens is 204 g/mol. The molecule has 0 bridgehead atoms. The third-order valence-corrected chi connectivity index (χ3v) is 2.30. The summed E-state index contributed by atoms with van der Waals surface area (Å²) in [5, 5.41) is 3.10. The lowest BCUT2D eigenvalue weighted by Crippen LogP contribution is -2.11. The van der Waals surface area contributed by atoms with Crippen molar-refractivity contribution < 1.29 is 9.59 Å². The van der Waals surface area contributed by atoms with E-state index in [9.17, 15) is 9.59 Å². The summed E-state index contributed by atoms with van der Waals surface area (Å²) in [6, 6.07) is 6.87. The van der Waals surface area contributed by atoms with Gasteiger partial charge in [-0.3, -0.25) is 9.59 Å². The number of Topliss-reactive ketones (excluding diaryl/α,β-unsaturated/α-hetero) is 1. The molecule has 0 radical (unpaired) electrons. The molecule has 0 saturated carbocycles. The van der Waals surface area contributed by atoms with Crippen LogP contribution in [0, 0.1) is 0 Å². The van der Waals surface area contributed by atoms with Gasteiger partial charge in [-0.2, -0.15) is 0 Å². The minimum atomic E-state index is -0.437. The Morgan fingerprint density at radius 3 is 2.38 bits per heavy atom. The summed E-state index contributed by atoms with van der Waals surface area (Å²) in [7, 11) is 0. The fourth-order valence-electron chi connectivity index (χ4n) is 1.28. The number of carbonyl (C=O) groups excluding carboxylic acids is 2. The fourth-order valence-corrected chi connectivity index (χ4v) is 1.28. The van der Waals surface area contributed by atoms with E-state index < -0.39 is 5.91 Å². The highest BCUT2D eigenvalue weighted by Crippen LogP contribution is 2.09. The van der Waals surface area contributed by atoms with Crippen LogP contribution in [0.25, 0.3) is 0 Å². The molecule has 0 saturated heterocycles. The Kier molecular flexibility index (Phi) is 4.51. The Balaban J connectivity index is 2.43. The maximum Gasteiger partial charge on any atom is 0.248 e. The van der Waals surface area contributed by atoms with Crippen LogP contribution in [0.4, 0.5) is 5.69 Å². The molecule has 0 aliphatic rings. The number of primary amides is 1. The van der Waals surface area contributed by atoms with Gasteiger partial charge in [0.15, 0.2) is 0 Å². The highest BCUT2D eigenvalue weighted by Gasteiger charge is 2.00. The van der Waals surface area contributed by atoms with Crippen molar-refractivity contribution in [3.63, 3.8) is 0 Å². The zero-order chi connectivity index (χ0) is 12.0. The first-order valence-corrected chi connectivity index (χ1v) is 5.29.